The highest BCUT2D eigenvalue weighted by Crippen LogP contribution is 2.18. The van der Waals surface area contributed by atoms with Gasteiger partial charge in [0.05, 0.1) is 19.1 Å². The van der Waals surface area contributed by atoms with Crippen LogP contribution in [0.1, 0.15) is 45.2 Å². The standard InChI is InChI=1S/C17H26N2O3/c1-4-8-15(14-9-6-5-7-10-14)18-16(20)11-19(13(2)3)12-17(21)22/h5-7,9-10,13,15H,4,8,11-12H2,1-3H3,(H,18,20)(H,21,22). The highest BCUT2D eigenvalue weighted by atomic mass is 16.4. The van der Waals surface area contributed by atoms with Crippen LogP contribution in [-0.2, 0) is 9.59 Å². The Hall–Kier alpha value is -1.88. The number of hydrogen-bond donors (Lipinski definition) is 2. The van der Waals surface area contributed by atoms with Crippen LogP contribution in [0.2, 0.25) is 0 Å². The van der Waals surface area contributed by atoms with E-state index in [1.165, 1.54) is 0 Å². The molecule has 0 aliphatic rings. The molecule has 0 fully saturated rings. The van der Waals surface area contributed by atoms with Crippen LogP contribution in [0.25, 0.3) is 0 Å². The van der Waals surface area contributed by atoms with E-state index in [1.54, 1.807) is 4.90 Å². The van der Waals surface area contributed by atoms with Crippen LogP contribution in [0.4, 0.5) is 0 Å². The largest absolute Gasteiger partial charge is 0.480 e. The molecule has 2 N–H and O–H groups in total. The lowest BCUT2D eigenvalue weighted by Crippen LogP contribution is -2.44. The monoisotopic (exact) mass is 306 g/mol. The van der Waals surface area contributed by atoms with Crippen LogP contribution in [0.3, 0.4) is 0 Å². The van der Waals surface area contributed by atoms with E-state index in [1.807, 2.05) is 44.2 Å². The summed E-state index contributed by atoms with van der Waals surface area (Å²) in [6.07, 6.45) is 1.82. The maximum absolute atomic E-state index is 12.3. The molecule has 1 atom stereocenters. The molecule has 0 aliphatic carbocycles. The number of carboxylic acid groups (broad SMARTS) is 1. The summed E-state index contributed by atoms with van der Waals surface area (Å²) in [7, 11) is 0. The maximum atomic E-state index is 12.3. The predicted molar refractivity (Wildman–Crippen MR) is 86.6 cm³/mol. The summed E-state index contributed by atoms with van der Waals surface area (Å²) >= 11 is 0. The van der Waals surface area contributed by atoms with Crippen molar-refractivity contribution in [2.24, 2.45) is 0 Å². The number of nitrogens with one attached hydrogen (secondary N) is 1. The SMILES string of the molecule is CCCC(NC(=O)CN(CC(=O)O)C(C)C)c1ccccc1. The second kappa shape index (κ2) is 9.20. The minimum absolute atomic E-state index is 0.00296. The van der Waals surface area contributed by atoms with Crippen molar-refractivity contribution in [2.75, 3.05) is 13.1 Å². The molecule has 0 radical (unpaired) electrons. The van der Waals surface area contributed by atoms with Gasteiger partial charge in [-0.1, -0.05) is 43.7 Å². The molecular formula is C17H26N2O3. The van der Waals surface area contributed by atoms with Gasteiger partial charge in [0, 0.05) is 6.04 Å². The first-order chi connectivity index (χ1) is 10.4. The smallest absolute Gasteiger partial charge is 0.317 e. The molecule has 0 saturated heterocycles. The summed E-state index contributed by atoms with van der Waals surface area (Å²) < 4.78 is 0. The molecule has 0 aliphatic heterocycles. The fourth-order valence-corrected chi connectivity index (χ4v) is 2.32. The lowest BCUT2D eigenvalue weighted by molar-refractivity contribution is -0.139. The van der Waals surface area contributed by atoms with Gasteiger partial charge in [0.15, 0.2) is 0 Å². The van der Waals surface area contributed by atoms with E-state index in [0.29, 0.717) is 0 Å². The third-order valence-corrected chi connectivity index (χ3v) is 3.53. The van der Waals surface area contributed by atoms with Gasteiger partial charge in [-0.05, 0) is 25.8 Å². The summed E-state index contributed by atoms with van der Waals surface area (Å²) in [5.74, 6) is -1.06. The van der Waals surface area contributed by atoms with Gasteiger partial charge in [0.1, 0.15) is 0 Å². The third-order valence-electron chi connectivity index (χ3n) is 3.53. The van der Waals surface area contributed by atoms with Gasteiger partial charge >= 0.3 is 5.97 Å². The molecule has 1 rings (SSSR count). The Kier molecular flexibility index (Phi) is 7.60. The average molecular weight is 306 g/mol. The van der Waals surface area contributed by atoms with E-state index >= 15 is 0 Å². The van der Waals surface area contributed by atoms with Gasteiger partial charge in [0.25, 0.3) is 0 Å². The molecule has 5 nitrogen and oxygen atoms in total. The number of benzene rings is 1. The summed E-state index contributed by atoms with van der Waals surface area (Å²) in [6, 6.07) is 9.82. The molecule has 0 spiro atoms. The quantitative estimate of drug-likeness (QED) is 0.735. The van der Waals surface area contributed by atoms with E-state index in [4.69, 9.17) is 5.11 Å². The van der Waals surface area contributed by atoms with Gasteiger partial charge in [-0.2, -0.15) is 0 Å². The van der Waals surface area contributed by atoms with Crippen molar-refractivity contribution in [1.29, 1.82) is 0 Å². The number of amides is 1. The molecule has 1 unspecified atom stereocenters. The zero-order chi connectivity index (χ0) is 16.5. The molecule has 1 aromatic carbocycles. The lowest BCUT2D eigenvalue weighted by Gasteiger charge is -2.25. The average Bonchev–Trinajstić information content (AvgIpc) is 2.46. The van der Waals surface area contributed by atoms with Crippen molar-refractivity contribution >= 4 is 11.9 Å². The van der Waals surface area contributed by atoms with Crippen molar-refractivity contribution in [2.45, 2.75) is 45.7 Å². The van der Waals surface area contributed by atoms with Gasteiger partial charge in [-0.15, -0.1) is 0 Å². The van der Waals surface area contributed by atoms with E-state index in [0.717, 1.165) is 18.4 Å². The second-order valence-electron chi connectivity index (χ2n) is 5.71. The Morgan fingerprint density at radius 2 is 1.82 bits per heavy atom. The number of carbonyl (C=O) groups excluding carboxylic acids is 1. The molecule has 0 aromatic heterocycles. The summed E-state index contributed by atoms with van der Waals surface area (Å²) in [5.41, 5.74) is 1.08. The highest BCUT2D eigenvalue weighted by molar-refractivity contribution is 5.79. The zero-order valence-corrected chi connectivity index (χ0v) is 13.6. The van der Waals surface area contributed by atoms with Crippen molar-refractivity contribution < 1.29 is 14.7 Å². The Balaban J connectivity index is 2.68. The molecule has 1 amide bonds. The van der Waals surface area contributed by atoms with E-state index in [-0.39, 0.29) is 31.1 Å². The number of aliphatic carboxylic acids is 1. The van der Waals surface area contributed by atoms with Crippen molar-refractivity contribution in [3.05, 3.63) is 35.9 Å². The van der Waals surface area contributed by atoms with Crippen molar-refractivity contribution in [3.63, 3.8) is 0 Å². The summed E-state index contributed by atoms with van der Waals surface area (Å²) in [4.78, 5) is 24.8. The molecule has 22 heavy (non-hydrogen) atoms. The van der Waals surface area contributed by atoms with Gasteiger partial charge in [-0.3, -0.25) is 14.5 Å². The number of carbonyl (C=O) groups is 2. The van der Waals surface area contributed by atoms with Gasteiger partial charge in [-0.25, -0.2) is 0 Å². The minimum atomic E-state index is -0.922. The van der Waals surface area contributed by atoms with Crippen LogP contribution in [-0.4, -0.2) is 41.0 Å². The molecule has 5 heteroatoms. The van der Waals surface area contributed by atoms with Crippen LogP contribution in [0.5, 0.6) is 0 Å². The summed E-state index contributed by atoms with van der Waals surface area (Å²) in [6.45, 7) is 5.81. The Labute approximate surface area is 132 Å². The van der Waals surface area contributed by atoms with Crippen LogP contribution in [0, 0.1) is 0 Å². The normalized spacial score (nSPS) is 12.4. The number of hydrogen-bond acceptors (Lipinski definition) is 3. The van der Waals surface area contributed by atoms with Crippen LogP contribution >= 0.6 is 0 Å². The predicted octanol–water partition coefficient (Wildman–Crippen LogP) is 2.44. The Morgan fingerprint density at radius 3 is 2.32 bits per heavy atom. The molecular weight excluding hydrogens is 280 g/mol. The minimum Gasteiger partial charge on any atom is -0.480 e. The second-order valence-corrected chi connectivity index (χ2v) is 5.71. The molecule has 1 aromatic rings. The van der Waals surface area contributed by atoms with Crippen molar-refractivity contribution in [3.8, 4) is 0 Å². The first-order valence-electron chi connectivity index (χ1n) is 7.74. The topological polar surface area (TPSA) is 69.6 Å². The fraction of sp³-hybridized carbons (Fsp3) is 0.529. The van der Waals surface area contributed by atoms with E-state index in [9.17, 15) is 9.59 Å². The summed E-state index contributed by atoms with van der Waals surface area (Å²) in [5, 5.41) is 11.9. The molecule has 0 saturated carbocycles. The van der Waals surface area contributed by atoms with Crippen molar-refractivity contribution in [1.82, 2.24) is 10.2 Å². The van der Waals surface area contributed by atoms with Gasteiger partial charge in [0.2, 0.25) is 5.91 Å². The Bertz CT molecular complexity index is 474. The Morgan fingerprint density at radius 1 is 1.18 bits per heavy atom. The first kappa shape index (κ1) is 18.2. The van der Waals surface area contributed by atoms with Crippen LogP contribution in [0.15, 0.2) is 30.3 Å². The highest BCUT2D eigenvalue weighted by Gasteiger charge is 2.19. The first-order valence-corrected chi connectivity index (χ1v) is 7.74. The number of rotatable bonds is 9. The van der Waals surface area contributed by atoms with E-state index < -0.39 is 5.97 Å². The molecule has 122 valence electrons. The van der Waals surface area contributed by atoms with Gasteiger partial charge < -0.3 is 10.4 Å². The number of carboxylic acids is 1. The third kappa shape index (κ3) is 6.26. The maximum Gasteiger partial charge on any atom is 0.317 e. The molecule has 0 heterocycles. The van der Waals surface area contributed by atoms with E-state index in [2.05, 4.69) is 12.2 Å². The fourth-order valence-electron chi connectivity index (χ4n) is 2.32. The van der Waals surface area contributed by atoms with Crippen LogP contribution < -0.4 is 5.32 Å². The zero-order valence-electron chi connectivity index (χ0n) is 13.6. The number of nitrogens with zero attached hydrogens (tertiary/aromatic N) is 1. The lowest BCUT2D eigenvalue weighted by atomic mass is 10.0. The molecule has 0 bridgehead atoms.